The Bertz CT molecular complexity index is 1070. The lowest BCUT2D eigenvalue weighted by atomic mass is 9.49. The van der Waals surface area contributed by atoms with E-state index in [1.54, 1.807) is 29.8 Å². The number of hydrogen-bond donors (Lipinski definition) is 0. The molecule has 4 aliphatic rings. The first-order valence-corrected chi connectivity index (χ1v) is 11.0. The highest BCUT2D eigenvalue weighted by Gasteiger charge is 2.51. The van der Waals surface area contributed by atoms with E-state index in [4.69, 9.17) is 4.74 Å². The molecule has 0 saturated heterocycles. The summed E-state index contributed by atoms with van der Waals surface area (Å²) < 4.78 is 7.37. The van der Waals surface area contributed by atoms with Crippen LogP contribution in [-0.2, 0) is 4.79 Å². The van der Waals surface area contributed by atoms with Gasteiger partial charge in [-0.3, -0.25) is 19.7 Å². The van der Waals surface area contributed by atoms with Gasteiger partial charge in [0.25, 0.3) is 5.69 Å². The predicted molar refractivity (Wildman–Crippen MR) is 114 cm³/mol. The monoisotopic (exact) mass is 422 g/mol. The Morgan fingerprint density at radius 3 is 2.23 bits per heavy atom. The normalized spacial score (nSPS) is 28.5. The van der Waals surface area contributed by atoms with E-state index in [2.05, 4.69) is 0 Å². The number of ether oxygens (including phenoxy) is 1. The van der Waals surface area contributed by atoms with Crippen LogP contribution < -0.4 is 10.2 Å². The van der Waals surface area contributed by atoms with Crippen molar-refractivity contribution in [2.24, 2.45) is 23.2 Å². The number of nitro groups is 1. The Morgan fingerprint density at radius 1 is 1.10 bits per heavy atom. The van der Waals surface area contributed by atoms with Gasteiger partial charge >= 0.3 is 5.97 Å². The van der Waals surface area contributed by atoms with Crippen LogP contribution >= 0.6 is 0 Å². The fourth-order valence-electron chi connectivity index (χ4n) is 6.72. The number of aromatic nitrogens is 1. The predicted octanol–water partition coefficient (Wildman–Crippen LogP) is 4.57. The molecule has 4 saturated carbocycles. The molecule has 0 radical (unpaired) electrons. The van der Waals surface area contributed by atoms with E-state index in [0.717, 1.165) is 37.0 Å². The van der Waals surface area contributed by atoms with Gasteiger partial charge in [0.05, 0.1) is 17.0 Å². The van der Waals surface area contributed by atoms with E-state index in [1.807, 2.05) is 0 Å². The molecule has 4 fully saturated rings. The summed E-state index contributed by atoms with van der Waals surface area (Å²) in [6.45, 7) is 1.72. The topological polar surface area (TPSA) is 91.4 Å². The third-order valence-electron chi connectivity index (χ3n) is 7.53. The Balaban J connectivity index is 1.37. The first kappa shape index (κ1) is 20.0. The highest BCUT2D eigenvalue weighted by molar-refractivity contribution is 5.73. The van der Waals surface area contributed by atoms with Crippen molar-refractivity contribution >= 4 is 11.7 Å². The molecule has 1 aromatic carbocycles. The van der Waals surface area contributed by atoms with Crippen molar-refractivity contribution in [2.75, 3.05) is 0 Å². The number of esters is 1. The van der Waals surface area contributed by atoms with Crippen LogP contribution in [0.1, 0.15) is 50.6 Å². The molecule has 0 N–H and O–H groups in total. The minimum Gasteiger partial charge on any atom is -0.420 e. The van der Waals surface area contributed by atoms with Crippen molar-refractivity contribution in [3.8, 4) is 11.4 Å². The molecular formula is C24H26N2O5. The number of hydrogen-bond acceptors (Lipinski definition) is 5. The number of nitrogens with zero attached hydrogens (tertiary/aromatic N) is 2. The lowest BCUT2D eigenvalue weighted by Crippen LogP contribution is -2.47. The van der Waals surface area contributed by atoms with E-state index in [9.17, 15) is 19.7 Å². The first-order valence-electron chi connectivity index (χ1n) is 11.0. The van der Waals surface area contributed by atoms with E-state index < -0.39 is 4.92 Å². The molecule has 1 heterocycles. The summed E-state index contributed by atoms with van der Waals surface area (Å²) in [5, 5.41) is 10.9. The minimum absolute atomic E-state index is 0.00956. The van der Waals surface area contributed by atoms with Crippen molar-refractivity contribution in [1.82, 2.24) is 4.57 Å². The molecule has 31 heavy (non-hydrogen) atoms. The second-order valence-electron chi connectivity index (χ2n) is 9.81. The van der Waals surface area contributed by atoms with Gasteiger partial charge in [0, 0.05) is 30.1 Å². The maximum Gasteiger partial charge on any atom is 0.311 e. The van der Waals surface area contributed by atoms with Crippen LogP contribution in [-0.4, -0.2) is 15.5 Å². The zero-order valence-corrected chi connectivity index (χ0v) is 17.6. The number of carbonyl (C=O) groups excluding carboxylic acids is 1. The third kappa shape index (κ3) is 3.66. The second kappa shape index (κ2) is 7.32. The van der Waals surface area contributed by atoms with Crippen LogP contribution in [0.5, 0.6) is 5.75 Å². The zero-order valence-electron chi connectivity index (χ0n) is 17.6. The number of benzene rings is 1. The van der Waals surface area contributed by atoms with Crippen LogP contribution in [0.25, 0.3) is 5.69 Å². The van der Waals surface area contributed by atoms with Gasteiger partial charge in [-0.2, -0.15) is 0 Å². The molecule has 7 heteroatoms. The van der Waals surface area contributed by atoms with Crippen molar-refractivity contribution in [2.45, 2.75) is 51.9 Å². The molecule has 4 aliphatic carbocycles. The van der Waals surface area contributed by atoms with E-state index >= 15 is 0 Å². The van der Waals surface area contributed by atoms with Crippen molar-refractivity contribution in [3.05, 3.63) is 62.6 Å². The molecule has 2 aromatic rings. The van der Waals surface area contributed by atoms with Gasteiger partial charge in [0.1, 0.15) is 0 Å². The average molecular weight is 422 g/mol. The third-order valence-corrected chi connectivity index (χ3v) is 7.53. The van der Waals surface area contributed by atoms with Crippen LogP contribution in [0.2, 0.25) is 0 Å². The highest BCUT2D eigenvalue weighted by Crippen LogP contribution is 2.61. The summed E-state index contributed by atoms with van der Waals surface area (Å²) in [5.41, 5.74) is 0.854. The van der Waals surface area contributed by atoms with Gasteiger partial charge in [-0.15, -0.1) is 0 Å². The molecule has 7 nitrogen and oxygen atoms in total. The number of carbonyl (C=O) groups is 1. The van der Waals surface area contributed by atoms with Gasteiger partial charge in [-0.05, 0) is 80.8 Å². The van der Waals surface area contributed by atoms with Crippen molar-refractivity contribution < 1.29 is 14.5 Å². The molecule has 0 atom stereocenters. The number of nitro benzene ring substituents is 1. The first-order chi connectivity index (χ1) is 14.8. The Morgan fingerprint density at radius 2 is 1.68 bits per heavy atom. The van der Waals surface area contributed by atoms with Crippen molar-refractivity contribution in [3.63, 3.8) is 0 Å². The molecule has 0 amide bonds. The number of pyridine rings is 1. The van der Waals surface area contributed by atoms with Gasteiger partial charge < -0.3 is 9.30 Å². The molecule has 6 rings (SSSR count). The smallest absolute Gasteiger partial charge is 0.311 e. The highest BCUT2D eigenvalue weighted by atomic mass is 16.6. The molecule has 0 aliphatic heterocycles. The van der Waals surface area contributed by atoms with Crippen LogP contribution in [0.4, 0.5) is 5.69 Å². The van der Waals surface area contributed by atoms with Crippen molar-refractivity contribution in [1.29, 1.82) is 0 Å². The molecule has 0 spiro atoms. The van der Waals surface area contributed by atoms with Gasteiger partial charge in [-0.1, -0.05) is 0 Å². The summed E-state index contributed by atoms with van der Waals surface area (Å²) >= 11 is 0. The Kier molecular flexibility index (Phi) is 4.72. The summed E-state index contributed by atoms with van der Waals surface area (Å²) in [4.78, 5) is 35.8. The molecule has 4 bridgehead atoms. The van der Waals surface area contributed by atoms with Gasteiger partial charge in [0.15, 0.2) is 5.75 Å². The quantitative estimate of drug-likeness (QED) is 0.400. The number of rotatable bonds is 5. The van der Waals surface area contributed by atoms with Gasteiger partial charge in [0.2, 0.25) is 5.43 Å². The van der Waals surface area contributed by atoms with E-state index in [0.29, 0.717) is 17.8 Å². The lowest BCUT2D eigenvalue weighted by Gasteiger charge is -2.56. The standard InChI is InChI=1S/C24H26N2O5/c1-15-23(21(27)6-7-25(15)19-2-4-20(5-3-19)26(29)30)31-22(28)14-24-11-16-8-17(12-24)10-18(9-16)13-24/h2-7,16-18H,8-14H2,1H3. The van der Waals surface area contributed by atoms with E-state index in [-0.39, 0.29) is 28.2 Å². The minimum atomic E-state index is -0.459. The Labute approximate surface area is 180 Å². The van der Waals surface area contributed by atoms with Crippen LogP contribution in [0.3, 0.4) is 0 Å². The molecule has 162 valence electrons. The fourth-order valence-corrected chi connectivity index (χ4v) is 6.72. The maximum absolute atomic E-state index is 12.9. The number of non-ortho nitro benzene ring substituents is 1. The average Bonchev–Trinajstić information content (AvgIpc) is 2.70. The Hall–Kier alpha value is -2.96. The maximum atomic E-state index is 12.9. The van der Waals surface area contributed by atoms with Crippen LogP contribution in [0, 0.1) is 40.2 Å². The lowest BCUT2D eigenvalue weighted by molar-refractivity contribution is -0.384. The largest absolute Gasteiger partial charge is 0.420 e. The van der Waals surface area contributed by atoms with Gasteiger partial charge in [-0.25, -0.2) is 0 Å². The summed E-state index contributed by atoms with van der Waals surface area (Å²) in [6, 6.07) is 7.40. The van der Waals surface area contributed by atoms with Crippen LogP contribution in [0.15, 0.2) is 41.3 Å². The zero-order chi connectivity index (χ0) is 21.8. The second-order valence-corrected chi connectivity index (χ2v) is 9.81. The summed E-state index contributed by atoms with van der Waals surface area (Å²) in [6.07, 6.45) is 9.22. The SMILES string of the molecule is Cc1c(OC(=O)CC23CC4CC(CC(C4)C2)C3)c(=O)ccn1-c1ccc([N+](=O)[O-])cc1. The van der Waals surface area contributed by atoms with E-state index in [1.165, 1.54) is 37.5 Å². The molecule has 0 unspecified atom stereocenters. The summed E-state index contributed by atoms with van der Waals surface area (Å²) in [5.74, 6) is 1.95. The summed E-state index contributed by atoms with van der Waals surface area (Å²) in [7, 11) is 0. The molecule has 1 aromatic heterocycles. The molecular weight excluding hydrogens is 396 g/mol. The fraction of sp³-hybridized carbons (Fsp3) is 0.500.